The molecule has 0 heterocycles. The maximum Gasteiger partial charge on any atom is 0.160 e. The molecule has 3 nitrogen and oxygen atoms in total. The molecule has 3 heteroatoms. The predicted molar refractivity (Wildman–Crippen MR) is 83.5 cm³/mol. The summed E-state index contributed by atoms with van der Waals surface area (Å²) in [5.41, 5.74) is 7.11. The number of aryl methyl sites for hydroxylation is 2. The Morgan fingerprint density at radius 2 is 1.35 bits per heavy atom. The number of ether oxygens (including phenoxy) is 2. The molecule has 0 radical (unpaired) electrons. The zero-order chi connectivity index (χ0) is 14.8. The van der Waals surface area contributed by atoms with Gasteiger partial charge in [-0.3, -0.25) is 0 Å². The third-order valence-electron chi connectivity index (χ3n) is 2.99. The second kappa shape index (κ2) is 8.99. The van der Waals surface area contributed by atoms with Crippen LogP contribution in [-0.2, 0) is 12.8 Å². The Kier molecular flexibility index (Phi) is 7.22. The Balaban J connectivity index is 0.000000956. The number of hydrogen-bond acceptors (Lipinski definition) is 3. The summed E-state index contributed by atoms with van der Waals surface area (Å²) in [6.45, 7) is 0. The number of benzene rings is 2. The summed E-state index contributed by atoms with van der Waals surface area (Å²) in [6, 6.07) is 16.6. The van der Waals surface area contributed by atoms with E-state index >= 15 is 0 Å². The van der Waals surface area contributed by atoms with Crippen molar-refractivity contribution in [2.75, 3.05) is 21.3 Å². The van der Waals surface area contributed by atoms with Crippen LogP contribution in [0.15, 0.2) is 48.5 Å². The molecule has 0 bridgehead atoms. The van der Waals surface area contributed by atoms with Gasteiger partial charge in [-0.2, -0.15) is 0 Å². The van der Waals surface area contributed by atoms with E-state index in [2.05, 4.69) is 36.1 Å². The lowest BCUT2D eigenvalue weighted by atomic mass is 10.0. The van der Waals surface area contributed by atoms with Gasteiger partial charge in [0, 0.05) is 0 Å². The Hall–Kier alpha value is -2.00. The van der Waals surface area contributed by atoms with Crippen molar-refractivity contribution in [1.29, 1.82) is 0 Å². The van der Waals surface area contributed by atoms with Crippen molar-refractivity contribution in [2.24, 2.45) is 5.73 Å². The van der Waals surface area contributed by atoms with E-state index < -0.39 is 0 Å². The number of methoxy groups -OCH3 is 2. The molecule has 0 amide bonds. The van der Waals surface area contributed by atoms with E-state index in [0.29, 0.717) is 0 Å². The first-order valence-electron chi connectivity index (χ1n) is 6.66. The van der Waals surface area contributed by atoms with Crippen LogP contribution in [0.3, 0.4) is 0 Å². The molecule has 0 spiro atoms. The quantitative estimate of drug-likeness (QED) is 0.910. The van der Waals surface area contributed by atoms with E-state index in [0.717, 1.165) is 24.3 Å². The van der Waals surface area contributed by atoms with Crippen molar-refractivity contribution in [3.8, 4) is 11.5 Å². The van der Waals surface area contributed by atoms with Gasteiger partial charge in [0.25, 0.3) is 0 Å². The largest absolute Gasteiger partial charge is 0.493 e. The van der Waals surface area contributed by atoms with Crippen molar-refractivity contribution >= 4 is 0 Å². The summed E-state index contributed by atoms with van der Waals surface area (Å²) in [5, 5.41) is 0. The summed E-state index contributed by atoms with van der Waals surface area (Å²) < 4.78 is 10.5. The summed E-state index contributed by atoms with van der Waals surface area (Å²) in [4.78, 5) is 0. The minimum Gasteiger partial charge on any atom is -0.493 e. The minimum absolute atomic E-state index is 0.779. The molecule has 0 aliphatic rings. The molecule has 0 aliphatic carbocycles. The molecule has 0 saturated carbocycles. The maximum absolute atomic E-state index is 5.30. The van der Waals surface area contributed by atoms with Crippen LogP contribution in [0, 0.1) is 0 Å². The normalized spacial score (nSPS) is 9.40. The molecule has 2 aromatic carbocycles. The molecule has 20 heavy (non-hydrogen) atoms. The number of rotatable bonds is 5. The molecule has 2 aromatic rings. The second-order valence-electron chi connectivity index (χ2n) is 4.17. The fraction of sp³-hybridized carbons (Fsp3) is 0.294. The van der Waals surface area contributed by atoms with Gasteiger partial charge in [-0.25, -0.2) is 0 Å². The molecule has 0 aromatic heterocycles. The van der Waals surface area contributed by atoms with Gasteiger partial charge in [-0.15, -0.1) is 0 Å². The van der Waals surface area contributed by atoms with Crippen LogP contribution in [0.4, 0.5) is 0 Å². The van der Waals surface area contributed by atoms with Crippen molar-refractivity contribution in [2.45, 2.75) is 12.8 Å². The molecule has 2 N–H and O–H groups in total. The molecule has 0 atom stereocenters. The van der Waals surface area contributed by atoms with Gasteiger partial charge < -0.3 is 15.2 Å². The molecule has 0 unspecified atom stereocenters. The zero-order valence-corrected chi connectivity index (χ0v) is 12.4. The minimum atomic E-state index is 0.779. The van der Waals surface area contributed by atoms with Crippen LogP contribution in [0.1, 0.15) is 11.1 Å². The van der Waals surface area contributed by atoms with E-state index in [9.17, 15) is 0 Å². The standard InChI is InChI=1S/C16H18O2.CH5N/c1-17-15-11-10-14(12-16(15)18-2)9-8-13-6-4-3-5-7-13;1-2/h3-7,10-12H,8-9H2,1-2H3;2H2,1H3. The molecule has 108 valence electrons. The predicted octanol–water partition coefficient (Wildman–Crippen LogP) is 3.06. The van der Waals surface area contributed by atoms with Crippen LogP contribution in [0.25, 0.3) is 0 Å². The van der Waals surface area contributed by atoms with Crippen molar-refractivity contribution in [3.63, 3.8) is 0 Å². The smallest absolute Gasteiger partial charge is 0.160 e. The molecule has 0 aliphatic heterocycles. The average molecular weight is 273 g/mol. The van der Waals surface area contributed by atoms with E-state index in [1.165, 1.54) is 18.2 Å². The number of hydrogen-bond donors (Lipinski definition) is 1. The molecule has 0 saturated heterocycles. The lowest BCUT2D eigenvalue weighted by Crippen LogP contribution is -1.94. The fourth-order valence-electron chi connectivity index (χ4n) is 1.97. The highest BCUT2D eigenvalue weighted by molar-refractivity contribution is 5.43. The van der Waals surface area contributed by atoms with Crippen LogP contribution in [-0.4, -0.2) is 21.3 Å². The van der Waals surface area contributed by atoms with Crippen molar-refractivity contribution in [3.05, 3.63) is 59.7 Å². The number of nitrogens with two attached hydrogens (primary N) is 1. The Morgan fingerprint density at radius 1 is 0.750 bits per heavy atom. The third kappa shape index (κ3) is 4.59. The van der Waals surface area contributed by atoms with Gasteiger partial charge in [-0.1, -0.05) is 36.4 Å². The van der Waals surface area contributed by atoms with E-state index in [4.69, 9.17) is 9.47 Å². The van der Waals surface area contributed by atoms with Crippen molar-refractivity contribution < 1.29 is 9.47 Å². The van der Waals surface area contributed by atoms with Crippen LogP contribution in [0.2, 0.25) is 0 Å². The fourth-order valence-corrected chi connectivity index (χ4v) is 1.97. The summed E-state index contributed by atoms with van der Waals surface area (Å²) in [6.07, 6.45) is 2.04. The van der Waals surface area contributed by atoms with Gasteiger partial charge in [0.2, 0.25) is 0 Å². The zero-order valence-electron chi connectivity index (χ0n) is 12.4. The monoisotopic (exact) mass is 273 g/mol. The van der Waals surface area contributed by atoms with Crippen molar-refractivity contribution in [1.82, 2.24) is 0 Å². The van der Waals surface area contributed by atoms with E-state index in [1.807, 2.05) is 18.2 Å². The van der Waals surface area contributed by atoms with Crippen LogP contribution in [0.5, 0.6) is 11.5 Å². The first kappa shape index (κ1) is 16.1. The molecular formula is C17H23NO2. The average Bonchev–Trinajstić information content (AvgIpc) is 2.55. The van der Waals surface area contributed by atoms with Gasteiger partial charge >= 0.3 is 0 Å². The summed E-state index contributed by atoms with van der Waals surface area (Å²) in [5.74, 6) is 1.57. The SMILES string of the molecule is CN.COc1ccc(CCc2ccccc2)cc1OC. The van der Waals surface area contributed by atoms with Gasteiger partial charge in [0.05, 0.1) is 14.2 Å². The molecular weight excluding hydrogens is 250 g/mol. The molecule has 0 fully saturated rings. The summed E-state index contributed by atoms with van der Waals surface area (Å²) in [7, 11) is 4.82. The maximum atomic E-state index is 5.30. The highest BCUT2D eigenvalue weighted by Gasteiger charge is 2.04. The van der Waals surface area contributed by atoms with Gasteiger partial charge in [0.1, 0.15) is 0 Å². The van der Waals surface area contributed by atoms with Gasteiger partial charge in [0.15, 0.2) is 11.5 Å². The lowest BCUT2D eigenvalue weighted by Gasteiger charge is -2.09. The van der Waals surface area contributed by atoms with Crippen LogP contribution < -0.4 is 15.2 Å². The van der Waals surface area contributed by atoms with Crippen LogP contribution >= 0.6 is 0 Å². The highest BCUT2D eigenvalue weighted by atomic mass is 16.5. The van der Waals surface area contributed by atoms with Gasteiger partial charge in [-0.05, 0) is 43.1 Å². The second-order valence-corrected chi connectivity index (χ2v) is 4.17. The van der Waals surface area contributed by atoms with E-state index in [-0.39, 0.29) is 0 Å². The Labute approximate surface area is 121 Å². The van der Waals surface area contributed by atoms with E-state index in [1.54, 1.807) is 14.2 Å². The lowest BCUT2D eigenvalue weighted by molar-refractivity contribution is 0.354. The highest BCUT2D eigenvalue weighted by Crippen LogP contribution is 2.27. The topological polar surface area (TPSA) is 44.5 Å². The Morgan fingerprint density at radius 3 is 1.95 bits per heavy atom. The first-order valence-corrected chi connectivity index (χ1v) is 6.66. The first-order chi connectivity index (χ1) is 9.83. The summed E-state index contributed by atoms with van der Waals surface area (Å²) >= 11 is 0. The Bertz CT molecular complexity index is 498. The molecule has 2 rings (SSSR count). The third-order valence-corrected chi connectivity index (χ3v) is 2.99.